The third-order valence-electron chi connectivity index (χ3n) is 3.17. The number of ketones is 1. The number of carbonyl (C=O) groups excluding carboxylic acids is 1. The number of alkyl halides is 2. The van der Waals surface area contributed by atoms with Crippen molar-refractivity contribution in [3.63, 3.8) is 0 Å². The number of nitrogens with one attached hydrogen (secondary N) is 1. The molecule has 0 unspecified atom stereocenters. The molecule has 0 fully saturated rings. The lowest BCUT2D eigenvalue weighted by molar-refractivity contribution is -0.0493. The molecule has 1 N–H and O–H groups in total. The van der Waals surface area contributed by atoms with Gasteiger partial charge in [0.15, 0.2) is 5.78 Å². The lowest BCUT2D eigenvalue weighted by atomic mass is 10.0. The highest BCUT2D eigenvalue weighted by molar-refractivity contribution is 7.07. The molecule has 0 spiro atoms. The highest BCUT2D eigenvalue weighted by atomic mass is 32.1. The van der Waals surface area contributed by atoms with E-state index in [-0.39, 0.29) is 17.5 Å². The fourth-order valence-corrected chi connectivity index (χ4v) is 2.79. The van der Waals surface area contributed by atoms with Crippen LogP contribution in [0.4, 0.5) is 14.5 Å². The average molecular weight is 339 g/mol. The summed E-state index contributed by atoms with van der Waals surface area (Å²) in [5.74, 6) is 0.264. The van der Waals surface area contributed by atoms with E-state index in [1.165, 1.54) is 12.1 Å². The summed E-state index contributed by atoms with van der Waals surface area (Å²) >= 11 is 1.56. The zero-order chi connectivity index (χ0) is 16.8. The summed E-state index contributed by atoms with van der Waals surface area (Å²) < 4.78 is 29.6. The topological polar surface area (TPSA) is 38.3 Å². The Morgan fingerprint density at radius 1 is 1.30 bits per heavy atom. The second-order valence-electron chi connectivity index (χ2n) is 5.60. The molecule has 0 aliphatic carbocycles. The molecular formula is C17H19F2NO2S. The number of rotatable bonds is 8. The highest BCUT2D eigenvalue weighted by Gasteiger charge is 2.14. The smallest absolute Gasteiger partial charge is 0.387 e. The van der Waals surface area contributed by atoms with Crippen molar-refractivity contribution in [2.75, 3.05) is 5.32 Å². The van der Waals surface area contributed by atoms with Crippen LogP contribution in [0.2, 0.25) is 0 Å². The van der Waals surface area contributed by atoms with Crippen molar-refractivity contribution in [2.24, 2.45) is 5.92 Å². The predicted molar refractivity (Wildman–Crippen MR) is 88.5 cm³/mol. The van der Waals surface area contributed by atoms with Gasteiger partial charge in [0, 0.05) is 18.5 Å². The third kappa shape index (κ3) is 5.32. The molecule has 3 nitrogen and oxygen atoms in total. The molecule has 2 aromatic rings. The van der Waals surface area contributed by atoms with Gasteiger partial charge in [0.2, 0.25) is 0 Å². The molecule has 1 aromatic heterocycles. The SMILES string of the molecule is CC(C)CC(=O)c1ccc(OC(F)F)c(NCc2ccsc2)c1. The number of Topliss-reactive ketones (excluding diaryl/α,β-unsaturated/α-hetero) is 1. The molecule has 1 aromatic carbocycles. The molecule has 124 valence electrons. The Hall–Kier alpha value is -1.95. The van der Waals surface area contributed by atoms with Crippen molar-refractivity contribution < 1.29 is 18.3 Å². The molecule has 0 bridgehead atoms. The van der Waals surface area contributed by atoms with Crippen molar-refractivity contribution in [3.05, 3.63) is 46.2 Å². The lowest BCUT2D eigenvalue weighted by Crippen LogP contribution is -2.09. The number of benzene rings is 1. The van der Waals surface area contributed by atoms with Crippen LogP contribution in [0.1, 0.15) is 36.2 Å². The van der Waals surface area contributed by atoms with Crippen molar-refractivity contribution in [2.45, 2.75) is 33.4 Å². The van der Waals surface area contributed by atoms with Crippen LogP contribution in [0.5, 0.6) is 5.75 Å². The predicted octanol–water partition coefficient (Wildman–Crippen LogP) is 5.19. The number of thiophene rings is 1. The molecule has 6 heteroatoms. The summed E-state index contributed by atoms with van der Waals surface area (Å²) in [7, 11) is 0. The van der Waals surface area contributed by atoms with Gasteiger partial charge in [-0.15, -0.1) is 0 Å². The van der Waals surface area contributed by atoms with Gasteiger partial charge in [0.1, 0.15) is 5.75 Å². The van der Waals surface area contributed by atoms with E-state index in [1.807, 2.05) is 30.7 Å². The quantitative estimate of drug-likeness (QED) is 0.673. The largest absolute Gasteiger partial charge is 0.433 e. The molecule has 0 atom stereocenters. The summed E-state index contributed by atoms with van der Waals surface area (Å²) in [6, 6.07) is 6.46. The van der Waals surface area contributed by atoms with Crippen molar-refractivity contribution in [1.29, 1.82) is 0 Å². The van der Waals surface area contributed by atoms with E-state index >= 15 is 0 Å². The van der Waals surface area contributed by atoms with E-state index in [0.717, 1.165) is 5.56 Å². The van der Waals surface area contributed by atoms with Gasteiger partial charge in [-0.1, -0.05) is 13.8 Å². The molecule has 23 heavy (non-hydrogen) atoms. The fourth-order valence-electron chi connectivity index (χ4n) is 2.12. The zero-order valence-electron chi connectivity index (χ0n) is 13.0. The molecule has 2 rings (SSSR count). The van der Waals surface area contributed by atoms with Crippen LogP contribution in [0.25, 0.3) is 0 Å². The maximum Gasteiger partial charge on any atom is 0.387 e. The second-order valence-corrected chi connectivity index (χ2v) is 6.38. The highest BCUT2D eigenvalue weighted by Crippen LogP contribution is 2.29. The van der Waals surface area contributed by atoms with E-state index in [1.54, 1.807) is 17.4 Å². The van der Waals surface area contributed by atoms with Crippen LogP contribution in [0.15, 0.2) is 35.0 Å². The standard InChI is InChI=1S/C17H19F2NO2S/c1-11(2)7-15(21)13-3-4-16(22-17(18)19)14(8-13)20-9-12-5-6-23-10-12/h3-6,8,10-11,17,20H,7,9H2,1-2H3. The monoisotopic (exact) mass is 339 g/mol. The van der Waals surface area contributed by atoms with Crippen LogP contribution in [-0.2, 0) is 6.54 Å². The van der Waals surface area contributed by atoms with Gasteiger partial charge in [0.25, 0.3) is 0 Å². The van der Waals surface area contributed by atoms with E-state index in [4.69, 9.17) is 0 Å². The van der Waals surface area contributed by atoms with Crippen LogP contribution >= 0.6 is 11.3 Å². The first-order valence-electron chi connectivity index (χ1n) is 7.32. The molecule has 0 aliphatic rings. The van der Waals surface area contributed by atoms with Crippen molar-refractivity contribution in [1.82, 2.24) is 0 Å². The van der Waals surface area contributed by atoms with Gasteiger partial charge in [-0.05, 0) is 46.5 Å². The summed E-state index contributed by atoms with van der Waals surface area (Å²) in [6.07, 6.45) is 0.416. The van der Waals surface area contributed by atoms with Gasteiger partial charge < -0.3 is 10.1 Å². The van der Waals surface area contributed by atoms with Gasteiger partial charge in [-0.25, -0.2) is 0 Å². The average Bonchev–Trinajstić information content (AvgIpc) is 2.98. The molecular weight excluding hydrogens is 320 g/mol. The molecule has 0 saturated carbocycles. The van der Waals surface area contributed by atoms with E-state index in [9.17, 15) is 13.6 Å². The number of halogens is 2. The number of carbonyl (C=O) groups is 1. The second kappa shape index (κ2) is 8.06. The Morgan fingerprint density at radius 3 is 2.70 bits per heavy atom. The first-order valence-corrected chi connectivity index (χ1v) is 8.27. The summed E-state index contributed by atoms with van der Waals surface area (Å²) in [4.78, 5) is 12.2. The lowest BCUT2D eigenvalue weighted by Gasteiger charge is -2.14. The molecule has 1 heterocycles. The Bertz CT molecular complexity index is 642. The molecule has 0 saturated heterocycles. The summed E-state index contributed by atoms with van der Waals surface area (Å²) in [5.41, 5.74) is 1.93. The van der Waals surface area contributed by atoms with E-state index < -0.39 is 6.61 Å². The van der Waals surface area contributed by atoms with Gasteiger partial charge >= 0.3 is 6.61 Å². The summed E-state index contributed by atoms with van der Waals surface area (Å²) in [5, 5.41) is 6.97. The van der Waals surface area contributed by atoms with Crippen molar-refractivity contribution >= 4 is 22.8 Å². The molecule has 0 aliphatic heterocycles. The minimum absolute atomic E-state index is 0.0119. The third-order valence-corrected chi connectivity index (χ3v) is 3.91. The van der Waals surface area contributed by atoms with Crippen LogP contribution in [0.3, 0.4) is 0 Å². The minimum atomic E-state index is -2.91. The van der Waals surface area contributed by atoms with Gasteiger partial charge in [-0.2, -0.15) is 20.1 Å². The first-order chi connectivity index (χ1) is 11.0. The maximum absolute atomic E-state index is 12.5. The number of hydrogen-bond acceptors (Lipinski definition) is 4. The number of hydrogen-bond donors (Lipinski definition) is 1. The maximum atomic E-state index is 12.5. The van der Waals surface area contributed by atoms with E-state index in [2.05, 4.69) is 10.1 Å². The van der Waals surface area contributed by atoms with Crippen LogP contribution in [-0.4, -0.2) is 12.4 Å². The van der Waals surface area contributed by atoms with Crippen LogP contribution in [0, 0.1) is 5.92 Å². The van der Waals surface area contributed by atoms with Gasteiger partial charge in [-0.3, -0.25) is 4.79 Å². The van der Waals surface area contributed by atoms with E-state index in [0.29, 0.717) is 24.2 Å². The Labute approximate surface area is 138 Å². The number of anilines is 1. The minimum Gasteiger partial charge on any atom is -0.433 e. The normalized spacial score (nSPS) is 11.0. The zero-order valence-corrected chi connectivity index (χ0v) is 13.8. The van der Waals surface area contributed by atoms with Crippen LogP contribution < -0.4 is 10.1 Å². The first kappa shape index (κ1) is 17.4. The number of ether oxygens (including phenoxy) is 1. The Balaban J connectivity index is 2.20. The Morgan fingerprint density at radius 2 is 2.09 bits per heavy atom. The molecule has 0 amide bonds. The Kier molecular flexibility index (Phi) is 6.10. The van der Waals surface area contributed by atoms with Gasteiger partial charge in [0.05, 0.1) is 5.69 Å². The fraction of sp³-hybridized carbons (Fsp3) is 0.353. The van der Waals surface area contributed by atoms with Crippen molar-refractivity contribution in [3.8, 4) is 5.75 Å². The molecule has 0 radical (unpaired) electrons. The summed E-state index contributed by atoms with van der Waals surface area (Å²) in [6.45, 7) is 1.49.